The van der Waals surface area contributed by atoms with Crippen LogP contribution in [0.4, 0.5) is 0 Å². The van der Waals surface area contributed by atoms with Gasteiger partial charge in [0.05, 0.1) is 18.1 Å². The van der Waals surface area contributed by atoms with Crippen LogP contribution in [0.25, 0.3) is 10.1 Å². The number of aliphatic hydroxyl groups excluding tert-OH is 2. The molecule has 0 saturated heterocycles. The van der Waals surface area contributed by atoms with Gasteiger partial charge in [-0.1, -0.05) is 25.1 Å². The van der Waals surface area contributed by atoms with Crippen molar-refractivity contribution in [2.24, 2.45) is 5.41 Å². The Morgan fingerprint density at radius 2 is 1.90 bits per heavy atom. The summed E-state index contributed by atoms with van der Waals surface area (Å²) in [5.74, 6) is -0.0678. The molecule has 0 bridgehead atoms. The summed E-state index contributed by atoms with van der Waals surface area (Å²) in [5.41, 5.74) is 0.303. The van der Waals surface area contributed by atoms with Gasteiger partial charge in [0.1, 0.15) is 0 Å². The number of amides is 1. The van der Waals surface area contributed by atoms with Crippen LogP contribution in [0.1, 0.15) is 22.2 Å². The minimum atomic E-state index is -0.686. The molecule has 1 amide bonds. The fraction of sp³-hybridized carbons (Fsp3) is 0.438. The number of rotatable bonds is 5. The molecule has 0 atom stereocenters. The molecule has 0 aliphatic carbocycles. The van der Waals surface area contributed by atoms with Crippen LogP contribution < -0.4 is 0 Å². The van der Waals surface area contributed by atoms with E-state index in [9.17, 15) is 15.0 Å². The van der Waals surface area contributed by atoms with Crippen molar-refractivity contribution in [1.82, 2.24) is 4.90 Å². The number of thiophene rings is 1. The van der Waals surface area contributed by atoms with Gasteiger partial charge in [-0.25, -0.2) is 0 Å². The molecular formula is C16H21NO3S. The Morgan fingerprint density at radius 3 is 2.48 bits per heavy atom. The van der Waals surface area contributed by atoms with E-state index < -0.39 is 5.41 Å². The van der Waals surface area contributed by atoms with Gasteiger partial charge in [-0.3, -0.25) is 4.79 Å². The predicted molar refractivity (Wildman–Crippen MR) is 85.8 cm³/mol. The van der Waals surface area contributed by atoms with Gasteiger partial charge < -0.3 is 15.1 Å². The largest absolute Gasteiger partial charge is 0.396 e. The summed E-state index contributed by atoms with van der Waals surface area (Å²) < 4.78 is 1.10. The average molecular weight is 307 g/mol. The number of aryl methyl sites for hydroxylation is 1. The molecule has 2 rings (SSSR count). The van der Waals surface area contributed by atoms with Gasteiger partial charge in [-0.2, -0.15) is 0 Å². The molecule has 4 nitrogen and oxygen atoms in total. The first kappa shape index (κ1) is 15.9. The second kappa shape index (κ2) is 6.13. The molecule has 0 fully saturated rings. The maximum Gasteiger partial charge on any atom is 0.263 e. The Bertz CT molecular complexity index is 646. The lowest BCUT2D eigenvalue weighted by atomic mass is 9.92. The lowest BCUT2D eigenvalue weighted by molar-refractivity contribution is 0.0368. The highest BCUT2D eigenvalue weighted by molar-refractivity contribution is 7.21. The smallest absolute Gasteiger partial charge is 0.263 e. The lowest BCUT2D eigenvalue weighted by Crippen LogP contribution is -2.41. The van der Waals surface area contributed by atoms with Crippen LogP contribution in [0.2, 0.25) is 0 Å². The summed E-state index contributed by atoms with van der Waals surface area (Å²) in [7, 11) is 1.70. The third-order valence-corrected chi connectivity index (χ3v) is 5.03. The first-order valence-electron chi connectivity index (χ1n) is 6.87. The van der Waals surface area contributed by atoms with E-state index in [2.05, 4.69) is 0 Å². The van der Waals surface area contributed by atoms with Gasteiger partial charge in [0.25, 0.3) is 5.91 Å². The van der Waals surface area contributed by atoms with Crippen molar-refractivity contribution in [3.63, 3.8) is 0 Å². The van der Waals surface area contributed by atoms with Crippen molar-refractivity contribution in [3.05, 3.63) is 34.7 Å². The van der Waals surface area contributed by atoms with Crippen LogP contribution in [-0.2, 0) is 0 Å². The third kappa shape index (κ3) is 3.10. The molecule has 1 heterocycles. The topological polar surface area (TPSA) is 60.8 Å². The second-order valence-electron chi connectivity index (χ2n) is 5.84. The number of hydrogen-bond acceptors (Lipinski definition) is 4. The SMILES string of the molecule is Cc1c(C(=O)N(C)CC(C)(CO)CO)sc2ccccc12. The molecule has 5 heteroatoms. The first-order chi connectivity index (χ1) is 9.91. The molecule has 0 saturated carbocycles. The molecule has 2 N–H and O–H groups in total. The van der Waals surface area contributed by atoms with E-state index in [0.717, 1.165) is 20.5 Å². The standard InChI is InChI=1S/C16H21NO3S/c1-11-12-6-4-5-7-13(12)21-14(11)15(20)17(3)8-16(2,9-18)10-19/h4-7,18-19H,8-10H2,1-3H3. The van der Waals surface area contributed by atoms with Gasteiger partial charge in [0.2, 0.25) is 0 Å². The molecule has 114 valence electrons. The van der Waals surface area contributed by atoms with Gasteiger partial charge in [0.15, 0.2) is 0 Å². The molecule has 21 heavy (non-hydrogen) atoms. The average Bonchev–Trinajstić information content (AvgIpc) is 2.84. The number of fused-ring (bicyclic) bond motifs is 1. The van der Waals surface area contributed by atoms with Crippen LogP contribution in [0, 0.1) is 12.3 Å². The fourth-order valence-electron chi connectivity index (χ4n) is 2.35. The molecule has 1 aromatic heterocycles. The fourth-order valence-corrected chi connectivity index (χ4v) is 3.55. The molecule has 0 unspecified atom stereocenters. The van der Waals surface area contributed by atoms with Crippen molar-refractivity contribution < 1.29 is 15.0 Å². The zero-order valence-electron chi connectivity index (χ0n) is 12.6. The lowest BCUT2D eigenvalue weighted by Gasteiger charge is -2.30. The first-order valence-corrected chi connectivity index (χ1v) is 7.69. The van der Waals surface area contributed by atoms with E-state index in [1.54, 1.807) is 18.9 Å². The van der Waals surface area contributed by atoms with Crippen LogP contribution in [-0.4, -0.2) is 47.8 Å². The summed E-state index contributed by atoms with van der Waals surface area (Å²) in [6.45, 7) is 3.71. The number of aliphatic hydroxyl groups is 2. The minimum absolute atomic E-state index is 0.0678. The number of benzene rings is 1. The van der Waals surface area contributed by atoms with Crippen molar-refractivity contribution in [2.75, 3.05) is 26.8 Å². The van der Waals surface area contributed by atoms with Crippen LogP contribution >= 0.6 is 11.3 Å². The quantitative estimate of drug-likeness (QED) is 0.891. The highest BCUT2D eigenvalue weighted by Gasteiger charge is 2.28. The Hall–Kier alpha value is -1.43. The zero-order valence-corrected chi connectivity index (χ0v) is 13.4. The number of carbonyl (C=O) groups excluding carboxylic acids is 1. The van der Waals surface area contributed by atoms with E-state index in [4.69, 9.17) is 0 Å². The monoisotopic (exact) mass is 307 g/mol. The van der Waals surface area contributed by atoms with Crippen LogP contribution in [0.15, 0.2) is 24.3 Å². The molecule has 0 aliphatic rings. The normalized spacial score (nSPS) is 11.9. The third-order valence-electron chi connectivity index (χ3n) is 3.77. The zero-order chi connectivity index (χ0) is 15.6. The van der Waals surface area contributed by atoms with Crippen molar-refractivity contribution >= 4 is 27.3 Å². The number of nitrogens with zero attached hydrogens (tertiary/aromatic N) is 1. The van der Waals surface area contributed by atoms with Gasteiger partial charge in [-0.05, 0) is 23.9 Å². The number of carbonyl (C=O) groups is 1. The molecular weight excluding hydrogens is 286 g/mol. The summed E-state index contributed by atoms with van der Waals surface area (Å²) in [5, 5.41) is 19.8. The maximum atomic E-state index is 12.6. The molecule has 0 radical (unpaired) electrons. The van der Waals surface area contributed by atoms with Crippen LogP contribution in [0.3, 0.4) is 0 Å². The molecule has 0 aliphatic heterocycles. The van der Waals surface area contributed by atoms with Gasteiger partial charge in [0, 0.05) is 23.7 Å². The number of hydrogen-bond donors (Lipinski definition) is 2. The highest BCUT2D eigenvalue weighted by atomic mass is 32.1. The Labute approximate surface area is 128 Å². The Kier molecular flexibility index (Phi) is 4.66. The van der Waals surface area contributed by atoms with Crippen molar-refractivity contribution in [3.8, 4) is 0 Å². The Balaban J connectivity index is 2.28. The van der Waals surface area contributed by atoms with E-state index in [-0.39, 0.29) is 19.1 Å². The summed E-state index contributed by atoms with van der Waals surface area (Å²) in [4.78, 5) is 14.9. The second-order valence-corrected chi connectivity index (χ2v) is 6.89. The minimum Gasteiger partial charge on any atom is -0.396 e. The predicted octanol–water partition coefficient (Wildman–Crippen LogP) is 2.27. The van der Waals surface area contributed by atoms with Crippen molar-refractivity contribution in [2.45, 2.75) is 13.8 Å². The molecule has 1 aromatic carbocycles. The van der Waals surface area contributed by atoms with E-state index in [0.29, 0.717) is 6.54 Å². The summed E-state index contributed by atoms with van der Waals surface area (Å²) in [6.07, 6.45) is 0. The molecule has 2 aromatic rings. The van der Waals surface area contributed by atoms with Gasteiger partial charge >= 0.3 is 0 Å². The van der Waals surface area contributed by atoms with Gasteiger partial charge in [-0.15, -0.1) is 11.3 Å². The molecule has 0 spiro atoms. The van der Waals surface area contributed by atoms with E-state index in [1.165, 1.54) is 11.3 Å². The highest BCUT2D eigenvalue weighted by Crippen LogP contribution is 2.31. The maximum absolute atomic E-state index is 12.6. The van der Waals surface area contributed by atoms with Crippen molar-refractivity contribution in [1.29, 1.82) is 0 Å². The summed E-state index contributed by atoms with van der Waals surface area (Å²) >= 11 is 1.49. The van der Waals surface area contributed by atoms with E-state index in [1.807, 2.05) is 31.2 Å². The Morgan fingerprint density at radius 1 is 1.29 bits per heavy atom. The van der Waals surface area contributed by atoms with E-state index >= 15 is 0 Å². The summed E-state index contributed by atoms with van der Waals surface area (Å²) in [6, 6.07) is 7.96. The van der Waals surface area contributed by atoms with Crippen LogP contribution in [0.5, 0.6) is 0 Å².